The molecule has 7 heteroatoms. The summed E-state index contributed by atoms with van der Waals surface area (Å²) in [6, 6.07) is 70.0. The van der Waals surface area contributed by atoms with Crippen LogP contribution in [0.15, 0.2) is 186 Å². The fourth-order valence-electron chi connectivity index (χ4n) is 11.5. The van der Waals surface area contributed by atoms with Crippen LogP contribution in [-0.2, 0) is 41.0 Å². The van der Waals surface area contributed by atoms with Gasteiger partial charge in [0.05, 0.1) is 5.41 Å². The molecule has 8 aromatic carbocycles. The Hall–Kier alpha value is -6.98. The number of ether oxygens (including phenoxy) is 1. The Morgan fingerprint density at radius 1 is 0.486 bits per heavy atom. The predicted octanol–water partition coefficient (Wildman–Crippen LogP) is 17.1. The maximum absolute atomic E-state index is 6.89. The first-order valence-electron chi connectivity index (χ1n) is 25.5. The molecule has 368 valence electrons. The van der Waals surface area contributed by atoms with Crippen molar-refractivity contribution in [1.29, 1.82) is 0 Å². The number of aromatic nitrogens is 4. The first-order valence-corrected chi connectivity index (χ1v) is 27.5. The molecule has 2 aliphatic rings. The zero-order valence-corrected chi connectivity index (χ0v) is 46.3. The average Bonchev–Trinajstić information content (AvgIpc) is 4.09. The summed E-state index contributed by atoms with van der Waals surface area (Å²) in [5.74, 6) is 2.04. The molecule has 0 N–H and O–H groups in total. The van der Waals surface area contributed by atoms with Gasteiger partial charge >= 0.3 is 275 Å². The molecule has 1 spiro atoms. The van der Waals surface area contributed by atoms with Crippen molar-refractivity contribution in [2.24, 2.45) is 0 Å². The van der Waals surface area contributed by atoms with Crippen molar-refractivity contribution in [3.8, 4) is 39.8 Å². The second-order valence-corrected chi connectivity index (χ2v) is 25.1. The topological polar surface area (TPSA) is 36.9 Å². The Balaban J connectivity index is 0.986. The van der Waals surface area contributed by atoms with Crippen LogP contribution in [0.2, 0.25) is 0 Å². The number of nitrogens with zero attached hydrogens (tertiary/aromatic N) is 4. The van der Waals surface area contributed by atoms with Gasteiger partial charge in [0.15, 0.2) is 0 Å². The van der Waals surface area contributed by atoms with E-state index in [2.05, 4.69) is 271 Å². The zero-order chi connectivity index (χ0) is 51.1. The minimum absolute atomic E-state index is 0.0232. The summed E-state index contributed by atoms with van der Waals surface area (Å²) in [5.41, 5.74) is 17.1. The van der Waals surface area contributed by atoms with E-state index >= 15 is 0 Å². The van der Waals surface area contributed by atoms with Gasteiger partial charge in [0.1, 0.15) is 0 Å². The third-order valence-corrected chi connectivity index (χ3v) is 17.5. The Bertz CT molecular complexity index is 4110. The summed E-state index contributed by atoms with van der Waals surface area (Å²) in [4.78, 5) is 7.70. The molecule has 0 unspecified atom stereocenters. The van der Waals surface area contributed by atoms with E-state index in [9.17, 15) is 0 Å². The number of hydrogen-bond acceptors (Lipinski definition) is 3. The molecule has 0 atom stereocenters. The number of rotatable bonds is 5. The van der Waals surface area contributed by atoms with E-state index in [1.807, 2.05) is 24.0 Å². The Kier molecular flexibility index (Phi) is 10.6. The van der Waals surface area contributed by atoms with Gasteiger partial charge in [0.25, 0.3) is 0 Å². The van der Waals surface area contributed by atoms with E-state index in [0.717, 1.165) is 53.8 Å². The fourth-order valence-corrected chi connectivity index (χ4v) is 13.8. The number of hydrogen-bond donors (Lipinski definition) is 0. The van der Waals surface area contributed by atoms with Crippen molar-refractivity contribution >= 4 is 44.6 Å². The first kappa shape index (κ1) is 46.8. The van der Waals surface area contributed by atoms with Gasteiger partial charge in [0.2, 0.25) is 0 Å². The van der Waals surface area contributed by atoms with Gasteiger partial charge in [-0.05, 0) is 62.6 Å². The molecule has 0 saturated heterocycles. The van der Waals surface area contributed by atoms with Crippen molar-refractivity contribution < 1.29 is 24.1 Å². The quantitative estimate of drug-likeness (QED) is 0.161. The van der Waals surface area contributed by atoms with Crippen LogP contribution < -0.4 is 4.74 Å². The maximum atomic E-state index is 6.89. The molecule has 0 bridgehead atoms. The van der Waals surface area contributed by atoms with Crippen molar-refractivity contribution in [2.45, 2.75) is 93.8 Å². The monoisotopic (exact) mass is 1160 g/mol. The molecular weight excluding hydrogens is 1100 g/mol. The molecule has 1 aliphatic carbocycles. The van der Waals surface area contributed by atoms with Gasteiger partial charge < -0.3 is 0 Å². The van der Waals surface area contributed by atoms with Crippen LogP contribution in [0, 0.1) is 15.9 Å². The van der Waals surface area contributed by atoms with E-state index in [-0.39, 0.29) is 16.2 Å². The van der Waals surface area contributed by atoms with Crippen LogP contribution >= 0.6 is 11.8 Å². The normalized spacial score (nSPS) is 13.9. The van der Waals surface area contributed by atoms with Gasteiger partial charge in [0, 0.05) is 16.0 Å². The second kappa shape index (κ2) is 16.8. The van der Waals surface area contributed by atoms with E-state index in [1.54, 1.807) is 0 Å². The molecule has 74 heavy (non-hydrogen) atoms. The molecule has 0 radical (unpaired) electrons. The van der Waals surface area contributed by atoms with Crippen LogP contribution in [0.4, 0.5) is 0 Å². The molecule has 5 nitrogen and oxygen atoms in total. The van der Waals surface area contributed by atoms with Crippen LogP contribution in [0.25, 0.3) is 61.2 Å². The molecule has 4 heterocycles. The molecule has 1 aliphatic heterocycles. The van der Waals surface area contributed by atoms with Gasteiger partial charge in [-0.25, -0.2) is 0 Å². The van der Waals surface area contributed by atoms with Gasteiger partial charge in [-0.2, -0.15) is 0 Å². The van der Waals surface area contributed by atoms with Gasteiger partial charge in [-0.3, -0.25) is 0 Å². The predicted molar refractivity (Wildman–Crippen MR) is 300 cm³/mol. The van der Waals surface area contributed by atoms with Crippen molar-refractivity contribution in [2.75, 3.05) is 0 Å². The summed E-state index contributed by atoms with van der Waals surface area (Å²) in [6.45, 7) is 20.5. The van der Waals surface area contributed by atoms with Crippen LogP contribution in [-0.4, -0.2) is 18.7 Å². The number of para-hydroxylation sites is 2. The standard InChI is InChI=1S/C67H56N4OS.Pt/c1-64(2,3)42-31-32-68-63(36-42)71-59-38-48(72-47-20-18-19-45(37-47)69-41-70(58-26-15-14-25-57(58)69)46-34-43(65(4,5)6)33-44(35-46)66(7,8)9)29-30-50(59)52-39-51-49-21-10-11-22-53(49)67(56(51)40-60(52)71)54-23-12-16-27-61(54)73-62-28-17-13-24-55(62)67;/h10-36,39-40H,1-9H3;/q-2;. The molecule has 0 amide bonds. The van der Waals surface area contributed by atoms with E-state index < -0.39 is 5.41 Å². The Morgan fingerprint density at radius 2 is 1.09 bits per heavy atom. The number of fused-ring (bicyclic) bond motifs is 13. The number of imidazole rings is 1. The average molecular weight is 1160 g/mol. The third kappa shape index (κ3) is 7.23. The van der Waals surface area contributed by atoms with Crippen molar-refractivity contribution in [3.05, 3.63) is 231 Å². The first-order chi connectivity index (χ1) is 35.5. The number of pyridine rings is 1. The van der Waals surface area contributed by atoms with Gasteiger partial charge in [-0.15, -0.1) is 0 Å². The van der Waals surface area contributed by atoms with Crippen LogP contribution in [0.3, 0.4) is 0 Å². The molecule has 11 aromatic rings. The summed E-state index contributed by atoms with van der Waals surface area (Å²) in [6.07, 6.45) is 1.95. The van der Waals surface area contributed by atoms with E-state index in [4.69, 9.17) is 9.72 Å². The Morgan fingerprint density at radius 3 is 1.77 bits per heavy atom. The molecular formula is C67H56N4OPtS-2. The fraction of sp³-hybridized carbons (Fsp3) is 0.194. The van der Waals surface area contributed by atoms with E-state index in [0.29, 0.717) is 11.5 Å². The third-order valence-electron chi connectivity index (χ3n) is 15.3. The Labute approximate surface area is 448 Å². The summed E-state index contributed by atoms with van der Waals surface area (Å²) < 4.78 is 14.9. The molecule has 0 saturated carbocycles. The molecule has 0 fully saturated rings. The van der Waals surface area contributed by atoms with E-state index in [1.165, 1.54) is 59.9 Å². The second-order valence-electron chi connectivity index (χ2n) is 23.0. The van der Waals surface area contributed by atoms with Crippen LogP contribution in [0.1, 0.15) is 101 Å². The summed E-state index contributed by atoms with van der Waals surface area (Å²) in [5, 5.41) is 2.22. The molecule has 13 rings (SSSR count). The summed E-state index contributed by atoms with van der Waals surface area (Å²) >= 11 is 4.35. The number of benzene rings is 8. The SMILES string of the molecule is CC(C)(C)c1cc(-n2[c](=[Pt])n(-c3[c-]c(Oc4[c-]c5c(cc4)c4cc6c(cc4n5-c4cc(C(C)(C)C)ccn4)C4(c5ccccc5Sc5ccccc54)c4ccccc4-6)ccc3)c3ccccc32)cc(C(C)(C)C)c1. The van der Waals surface area contributed by atoms with Gasteiger partial charge in [-0.1, -0.05) is 93.2 Å². The van der Waals surface area contributed by atoms with Crippen LogP contribution in [0.5, 0.6) is 11.5 Å². The van der Waals surface area contributed by atoms with Crippen molar-refractivity contribution in [1.82, 2.24) is 18.7 Å². The van der Waals surface area contributed by atoms with Crippen molar-refractivity contribution in [3.63, 3.8) is 0 Å². The zero-order valence-electron chi connectivity index (χ0n) is 43.2. The summed E-state index contributed by atoms with van der Waals surface area (Å²) in [7, 11) is 0. The molecule has 3 aromatic heterocycles. The minimum atomic E-state index is -0.520.